The van der Waals surface area contributed by atoms with Gasteiger partial charge < -0.3 is 5.32 Å². The van der Waals surface area contributed by atoms with Crippen LogP contribution in [-0.2, 0) is 0 Å². The monoisotopic (exact) mass is 361 g/mol. The van der Waals surface area contributed by atoms with Gasteiger partial charge in [0.2, 0.25) is 0 Å². The van der Waals surface area contributed by atoms with E-state index in [9.17, 15) is 4.39 Å². The first kappa shape index (κ1) is 14.6. The van der Waals surface area contributed by atoms with Crippen molar-refractivity contribution in [3.8, 4) is 0 Å². The van der Waals surface area contributed by atoms with E-state index in [0.29, 0.717) is 15.7 Å². The maximum atomic E-state index is 13.7. The van der Waals surface area contributed by atoms with Crippen LogP contribution in [0.15, 0.2) is 40.9 Å². The van der Waals surface area contributed by atoms with Crippen molar-refractivity contribution in [1.82, 2.24) is 0 Å². The van der Waals surface area contributed by atoms with Crippen LogP contribution in [-0.4, -0.2) is 0 Å². The highest BCUT2D eigenvalue weighted by Gasteiger charge is 2.12. The molecule has 0 heterocycles. The zero-order valence-electron chi connectivity index (χ0n) is 10.1. The molecule has 19 heavy (non-hydrogen) atoms. The van der Waals surface area contributed by atoms with Crippen molar-refractivity contribution in [3.63, 3.8) is 0 Å². The van der Waals surface area contributed by atoms with Gasteiger partial charge in [0, 0.05) is 14.5 Å². The molecule has 1 atom stereocenters. The van der Waals surface area contributed by atoms with Crippen LogP contribution in [0.2, 0.25) is 10.0 Å². The Morgan fingerprint density at radius 3 is 2.53 bits per heavy atom. The van der Waals surface area contributed by atoms with Gasteiger partial charge in [0.25, 0.3) is 0 Å². The van der Waals surface area contributed by atoms with Crippen LogP contribution in [0, 0.1) is 5.82 Å². The second-order valence-corrected chi connectivity index (χ2v) is 5.92. The van der Waals surface area contributed by atoms with Crippen LogP contribution in [0.1, 0.15) is 18.5 Å². The minimum absolute atomic E-state index is 0.115. The smallest absolute Gasteiger partial charge is 0.147 e. The second kappa shape index (κ2) is 6.12. The Labute approximate surface area is 129 Å². The number of halogens is 4. The minimum atomic E-state index is -0.382. The summed E-state index contributed by atoms with van der Waals surface area (Å²) in [6.45, 7) is 1.92. The molecule has 0 bridgehead atoms. The maximum absolute atomic E-state index is 13.7. The summed E-state index contributed by atoms with van der Waals surface area (Å²) in [5, 5.41) is 4.08. The normalized spacial score (nSPS) is 12.3. The standard InChI is InChI=1S/C14H11BrCl2FN/c1-8(11-4-2-9(15)6-12(11)17)19-14-5-3-10(16)7-13(14)18/h2-8,19H,1H3. The molecule has 0 spiro atoms. The summed E-state index contributed by atoms with van der Waals surface area (Å²) in [6.07, 6.45) is 0. The van der Waals surface area contributed by atoms with E-state index in [0.717, 1.165) is 10.0 Å². The lowest BCUT2D eigenvalue weighted by molar-refractivity contribution is 0.627. The zero-order valence-corrected chi connectivity index (χ0v) is 13.2. The molecule has 0 radical (unpaired) electrons. The van der Waals surface area contributed by atoms with E-state index in [-0.39, 0.29) is 11.9 Å². The molecular formula is C14H11BrCl2FN. The quantitative estimate of drug-likeness (QED) is 0.698. The van der Waals surface area contributed by atoms with Gasteiger partial charge in [-0.2, -0.15) is 0 Å². The fraction of sp³-hybridized carbons (Fsp3) is 0.143. The van der Waals surface area contributed by atoms with Gasteiger partial charge in [-0.1, -0.05) is 45.2 Å². The maximum Gasteiger partial charge on any atom is 0.147 e. The Bertz CT molecular complexity index is 604. The van der Waals surface area contributed by atoms with Crippen molar-refractivity contribution >= 4 is 44.8 Å². The molecule has 5 heteroatoms. The van der Waals surface area contributed by atoms with Gasteiger partial charge in [-0.3, -0.25) is 0 Å². The van der Waals surface area contributed by atoms with Gasteiger partial charge in [0.1, 0.15) is 5.82 Å². The molecule has 1 N–H and O–H groups in total. The first-order valence-electron chi connectivity index (χ1n) is 5.64. The van der Waals surface area contributed by atoms with E-state index in [1.807, 2.05) is 25.1 Å². The highest BCUT2D eigenvalue weighted by atomic mass is 79.9. The Balaban J connectivity index is 2.23. The summed E-state index contributed by atoms with van der Waals surface area (Å²) in [5.41, 5.74) is 1.30. The summed E-state index contributed by atoms with van der Waals surface area (Å²) in [5.74, 6) is -0.382. The van der Waals surface area contributed by atoms with E-state index >= 15 is 0 Å². The fourth-order valence-electron chi connectivity index (χ4n) is 1.77. The lowest BCUT2D eigenvalue weighted by Crippen LogP contribution is -2.08. The Morgan fingerprint density at radius 2 is 1.89 bits per heavy atom. The van der Waals surface area contributed by atoms with Crippen molar-refractivity contribution < 1.29 is 4.39 Å². The van der Waals surface area contributed by atoms with E-state index in [2.05, 4.69) is 21.2 Å². The molecule has 1 unspecified atom stereocenters. The Morgan fingerprint density at radius 1 is 1.16 bits per heavy atom. The molecule has 2 rings (SSSR count). The first-order valence-corrected chi connectivity index (χ1v) is 7.19. The Kier molecular flexibility index (Phi) is 4.71. The van der Waals surface area contributed by atoms with Gasteiger partial charge in [-0.25, -0.2) is 4.39 Å². The number of hydrogen-bond acceptors (Lipinski definition) is 1. The summed E-state index contributed by atoms with van der Waals surface area (Å²) in [6, 6.07) is 10.0. The lowest BCUT2D eigenvalue weighted by Gasteiger charge is -2.17. The van der Waals surface area contributed by atoms with Gasteiger partial charge in [0.05, 0.1) is 11.7 Å². The SMILES string of the molecule is CC(Nc1ccc(Cl)cc1F)c1ccc(Br)cc1Cl. The van der Waals surface area contributed by atoms with Crippen LogP contribution in [0.3, 0.4) is 0 Å². The van der Waals surface area contributed by atoms with Crippen molar-refractivity contribution in [3.05, 3.63) is 62.3 Å². The van der Waals surface area contributed by atoms with Crippen molar-refractivity contribution in [2.24, 2.45) is 0 Å². The molecule has 0 saturated heterocycles. The third kappa shape index (κ3) is 3.62. The summed E-state index contributed by atoms with van der Waals surface area (Å²) in [7, 11) is 0. The third-order valence-electron chi connectivity index (χ3n) is 2.73. The number of anilines is 1. The number of rotatable bonds is 3. The first-order chi connectivity index (χ1) is 8.97. The average Bonchev–Trinajstić information content (AvgIpc) is 2.32. The van der Waals surface area contributed by atoms with E-state index in [4.69, 9.17) is 23.2 Å². The van der Waals surface area contributed by atoms with Crippen LogP contribution >= 0.6 is 39.1 Å². The second-order valence-electron chi connectivity index (χ2n) is 4.16. The summed E-state index contributed by atoms with van der Waals surface area (Å²) < 4.78 is 14.6. The predicted octanol–water partition coefficient (Wildman–Crippen LogP) is 6.07. The van der Waals surface area contributed by atoms with Crippen molar-refractivity contribution in [2.45, 2.75) is 13.0 Å². The molecule has 2 aromatic carbocycles. The molecule has 0 aliphatic carbocycles. The highest BCUT2D eigenvalue weighted by molar-refractivity contribution is 9.10. The largest absolute Gasteiger partial charge is 0.376 e. The zero-order chi connectivity index (χ0) is 14.0. The molecule has 0 aliphatic rings. The molecule has 2 aromatic rings. The fourth-order valence-corrected chi connectivity index (χ4v) is 2.77. The van der Waals surface area contributed by atoms with Crippen LogP contribution < -0.4 is 5.32 Å². The molecule has 100 valence electrons. The predicted molar refractivity (Wildman–Crippen MR) is 82.6 cm³/mol. The topological polar surface area (TPSA) is 12.0 Å². The minimum Gasteiger partial charge on any atom is -0.376 e. The van der Waals surface area contributed by atoms with Gasteiger partial charge in [0.15, 0.2) is 0 Å². The Hall–Kier alpha value is -0.770. The number of hydrogen-bond donors (Lipinski definition) is 1. The van der Waals surface area contributed by atoms with Gasteiger partial charge in [-0.05, 0) is 42.8 Å². The lowest BCUT2D eigenvalue weighted by atomic mass is 10.1. The van der Waals surface area contributed by atoms with E-state index < -0.39 is 0 Å². The molecule has 0 fully saturated rings. The van der Waals surface area contributed by atoms with E-state index in [1.54, 1.807) is 12.1 Å². The van der Waals surface area contributed by atoms with Crippen LogP contribution in [0.5, 0.6) is 0 Å². The van der Waals surface area contributed by atoms with Crippen LogP contribution in [0.4, 0.5) is 10.1 Å². The summed E-state index contributed by atoms with van der Waals surface area (Å²) >= 11 is 15.2. The summed E-state index contributed by atoms with van der Waals surface area (Å²) in [4.78, 5) is 0. The third-order valence-corrected chi connectivity index (χ3v) is 3.79. The average molecular weight is 363 g/mol. The van der Waals surface area contributed by atoms with Gasteiger partial charge >= 0.3 is 0 Å². The molecule has 1 nitrogen and oxygen atoms in total. The van der Waals surface area contributed by atoms with E-state index in [1.165, 1.54) is 6.07 Å². The highest BCUT2D eigenvalue weighted by Crippen LogP contribution is 2.29. The molecule has 0 saturated carbocycles. The molecule has 0 aromatic heterocycles. The van der Waals surface area contributed by atoms with Crippen LogP contribution in [0.25, 0.3) is 0 Å². The number of nitrogens with one attached hydrogen (secondary N) is 1. The molecule has 0 amide bonds. The van der Waals surface area contributed by atoms with Gasteiger partial charge in [-0.15, -0.1) is 0 Å². The van der Waals surface area contributed by atoms with Crippen molar-refractivity contribution in [2.75, 3.05) is 5.32 Å². The van der Waals surface area contributed by atoms with Crippen molar-refractivity contribution in [1.29, 1.82) is 0 Å². The number of benzene rings is 2. The molecular weight excluding hydrogens is 352 g/mol. The molecule has 0 aliphatic heterocycles.